The second-order valence-corrected chi connectivity index (χ2v) is 4.97. The van der Waals surface area contributed by atoms with Gasteiger partial charge in [0.2, 0.25) is 5.91 Å². The first-order valence-electron chi connectivity index (χ1n) is 5.32. The van der Waals surface area contributed by atoms with E-state index in [1.54, 1.807) is 6.07 Å². The number of anilines is 3. The Bertz CT molecular complexity index is 440. The highest BCUT2D eigenvalue weighted by Crippen LogP contribution is 2.34. The Morgan fingerprint density at radius 2 is 2.12 bits per heavy atom. The molecule has 4 nitrogen and oxygen atoms in total. The second-order valence-electron chi connectivity index (χ2n) is 4.97. The molecule has 2 rings (SSSR count). The summed E-state index contributed by atoms with van der Waals surface area (Å²) in [7, 11) is 1.97. The molecule has 16 heavy (non-hydrogen) atoms. The Labute approximate surface area is 95.4 Å². The molecule has 0 saturated heterocycles. The third kappa shape index (κ3) is 1.71. The molecule has 3 N–H and O–H groups in total. The van der Waals surface area contributed by atoms with Gasteiger partial charge in [-0.1, -0.05) is 0 Å². The van der Waals surface area contributed by atoms with Crippen molar-refractivity contribution in [1.29, 1.82) is 0 Å². The number of fused-ring (bicyclic) bond motifs is 1. The summed E-state index contributed by atoms with van der Waals surface area (Å²) in [4.78, 5) is 14.0. The minimum atomic E-state index is -0.400. The Kier molecular flexibility index (Phi) is 2.30. The van der Waals surface area contributed by atoms with Crippen LogP contribution in [0.5, 0.6) is 0 Å². The van der Waals surface area contributed by atoms with Gasteiger partial charge in [-0.05, 0) is 32.0 Å². The lowest BCUT2D eigenvalue weighted by molar-refractivity contribution is -0.123. The summed E-state index contributed by atoms with van der Waals surface area (Å²) >= 11 is 0. The van der Waals surface area contributed by atoms with Crippen molar-refractivity contribution in [3.05, 3.63) is 18.2 Å². The summed E-state index contributed by atoms with van der Waals surface area (Å²) in [6.45, 7) is 4.55. The van der Waals surface area contributed by atoms with Crippen LogP contribution < -0.4 is 16.0 Å². The van der Waals surface area contributed by atoms with E-state index in [1.165, 1.54) is 0 Å². The summed E-state index contributed by atoms with van der Waals surface area (Å²) in [5, 5.41) is 2.93. The molecule has 1 aliphatic rings. The minimum Gasteiger partial charge on any atom is -0.399 e. The molecular weight excluding hydrogens is 202 g/mol. The normalized spacial score (nSPS) is 18.7. The number of rotatable bonds is 0. The summed E-state index contributed by atoms with van der Waals surface area (Å²) in [5.41, 5.74) is 7.86. The molecule has 1 aliphatic heterocycles. The van der Waals surface area contributed by atoms with Crippen LogP contribution in [0.4, 0.5) is 17.1 Å². The lowest BCUT2D eigenvalue weighted by Crippen LogP contribution is -2.37. The predicted octanol–water partition coefficient (Wildman–Crippen LogP) is 1.68. The van der Waals surface area contributed by atoms with E-state index < -0.39 is 5.41 Å². The molecular formula is C12H17N3O. The zero-order valence-electron chi connectivity index (χ0n) is 9.87. The van der Waals surface area contributed by atoms with Crippen molar-refractivity contribution in [2.24, 2.45) is 5.41 Å². The molecule has 0 saturated carbocycles. The van der Waals surface area contributed by atoms with E-state index in [-0.39, 0.29) is 5.91 Å². The number of nitrogens with zero attached hydrogens (tertiary/aromatic N) is 1. The largest absolute Gasteiger partial charge is 0.399 e. The molecule has 0 unspecified atom stereocenters. The maximum atomic E-state index is 12.0. The number of nitrogens with one attached hydrogen (secondary N) is 1. The SMILES string of the molecule is CN1CC(C)(C)C(=O)Nc2ccc(N)cc21. The van der Waals surface area contributed by atoms with Crippen LogP contribution in [-0.2, 0) is 4.79 Å². The van der Waals surface area contributed by atoms with Crippen LogP contribution in [0.3, 0.4) is 0 Å². The highest BCUT2D eigenvalue weighted by molar-refractivity contribution is 6.00. The van der Waals surface area contributed by atoms with E-state index in [1.807, 2.05) is 33.0 Å². The zero-order chi connectivity index (χ0) is 11.9. The first-order chi connectivity index (χ1) is 7.40. The van der Waals surface area contributed by atoms with Crippen LogP contribution in [0, 0.1) is 5.41 Å². The van der Waals surface area contributed by atoms with Gasteiger partial charge in [0.05, 0.1) is 16.8 Å². The van der Waals surface area contributed by atoms with E-state index in [0.717, 1.165) is 11.4 Å². The predicted molar refractivity (Wildman–Crippen MR) is 66.5 cm³/mol. The van der Waals surface area contributed by atoms with Crippen LogP contribution in [-0.4, -0.2) is 19.5 Å². The number of carbonyl (C=O) groups is 1. The average Bonchev–Trinajstić information content (AvgIpc) is 2.26. The van der Waals surface area contributed by atoms with E-state index in [0.29, 0.717) is 12.2 Å². The van der Waals surface area contributed by atoms with Crippen LogP contribution in [0.25, 0.3) is 0 Å². The smallest absolute Gasteiger partial charge is 0.231 e. The minimum absolute atomic E-state index is 0.0443. The Hall–Kier alpha value is -1.71. The number of hydrogen-bond donors (Lipinski definition) is 2. The van der Waals surface area contributed by atoms with Crippen LogP contribution in [0.1, 0.15) is 13.8 Å². The molecule has 1 aromatic rings. The molecule has 1 amide bonds. The van der Waals surface area contributed by atoms with Crippen LogP contribution >= 0.6 is 0 Å². The van der Waals surface area contributed by atoms with Gasteiger partial charge in [0.25, 0.3) is 0 Å². The average molecular weight is 219 g/mol. The van der Waals surface area contributed by atoms with Gasteiger partial charge in [-0.15, -0.1) is 0 Å². The highest BCUT2D eigenvalue weighted by Gasteiger charge is 2.33. The van der Waals surface area contributed by atoms with Crippen molar-refractivity contribution in [3.8, 4) is 0 Å². The Morgan fingerprint density at radius 3 is 2.81 bits per heavy atom. The number of benzene rings is 1. The van der Waals surface area contributed by atoms with Gasteiger partial charge in [0.1, 0.15) is 0 Å². The number of carbonyl (C=O) groups excluding carboxylic acids is 1. The van der Waals surface area contributed by atoms with Crippen molar-refractivity contribution in [3.63, 3.8) is 0 Å². The molecule has 0 atom stereocenters. The van der Waals surface area contributed by atoms with Gasteiger partial charge in [-0.25, -0.2) is 0 Å². The summed E-state index contributed by atoms with van der Waals surface area (Å²) < 4.78 is 0. The van der Waals surface area contributed by atoms with Gasteiger partial charge in [-0.3, -0.25) is 4.79 Å². The molecule has 0 aliphatic carbocycles. The standard InChI is InChI=1S/C12H17N3O/c1-12(2)7-15(3)10-6-8(13)4-5-9(10)14-11(12)16/h4-6H,7,13H2,1-3H3,(H,14,16). The molecule has 0 radical (unpaired) electrons. The van der Waals surface area contributed by atoms with Gasteiger partial charge in [0.15, 0.2) is 0 Å². The topological polar surface area (TPSA) is 58.4 Å². The summed E-state index contributed by atoms with van der Waals surface area (Å²) in [6, 6.07) is 5.53. The first-order valence-corrected chi connectivity index (χ1v) is 5.32. The molecule has 0 spiro atoms. The fourth-order valence-electron chi connectivity index (χ4n) is 2.01. The molecule has 0 fully saturated rings. The van der Waals surface area contributed by atoms with Gasteiger partial charge in [0, 0.05) is 19.3 Å². The summed E-state index contributed by atoms with van der Waals surface area (Å²) in [5.74, 6) is 0.0443. The first kappa shape index (κ1) is 10.8. The highest BCUT2D eigenvalue weighted by atomic mass is 16.2. The molecule has 86 valence electrons. The number of nitrogens with two attached hydrogens (primary N) is 1. The second kappa shape index (κ2) is 3.40. The van der Waals surface area contributed by atoms with E-state index in [4.69, 9.17) is 5.73 Å². The van der Waals surface area contributed by atoms with Crippen LogP contribution in [0.15, 0.2) is 18.2 Å². The van der Waals surface area contributed by atoms with Gasteiger partial charge >= 0.3 is 0 Å². The number of amides is 1. The third-order valence-electron chi connectivity index (χ3n) is 2.93. The third-order valence-corrected chi connectivity index (χ3v) is 2.93. The van der Waals surface area contributed by atoms with Crippen LogP contribution in [0.2, 0.25) is 0 Å². The Balaban J connectivity index is 2.49. The molecule has 1 heterocycles. The van der Waals surface area contributed by atoms with Crippen molar-refractivity contribution in [2.45, 2.75) is 13.8 Å². The molecule has 4 heteroatoms. The molecule has 1 aromatic carbocycles. The molecule has 0 bridgehead atoms. The van der Waals surface area contributed by atoms with E-state index in [2.05, 4.69) is 10.2 Å². The van der Waals surface area contributed by atoms with Crippen molar-refractivity contribution < 1.29 is 4.79 Å². The van der Waals surface area contributed by atoms with E-state index in [9.17, 15) is 4.79 Å². The fraction of sp³-hybridized carbons (Fsp3) is 0.417. The van der Waals surface area contributed by atoms with Crippen molar-refractivity contribution in [2.75, 3.05) is 29.5 Å². The van der Waals surface area contributed by atoms with E-state index >= 15 is 0 Å². The zero-order valence-corrected chi connectivity index (χ0v) is 9.87. The molecule has 0 aromatic heterocycles. The maximum absolute atomic E-state index is 12.0. The maximum Gasteiger partial charge on any atom is 0.231 e. The van der Waals surface area contributed by atoms with Crippen molar-refractivity contribution in [1.82, 2.24) is 0 Å². The summed E-state index contributed by atoms with van der Waals surface area (Å²) in [6.07, 6.45) is 0. The fourth-order valence-corrected chi connectivity index (χ4v) is 2.01. The van der Waals surface area contributed by atoms with Gasteiger partial charge < -0.3 is 16.0 Å². The van der Waals surface area contributed by atoms with Crippen molar-refractivity contribution >= 4 is 23.0 Å². The lowest BCUT2D eigenvalue weighted by Gasteiger charge is -2.26. The number of nitrogen functional groups attached to an aromatic ring is 1. The lowest BCUT2D eigenvalue weighted by atomic mass is 9.92. The quantitative estimate of drug-likeness (QED) is 0.653. The number of hydrogen-bond acceptors (Lipinski definition) is 3. The Morgan fingerprint density at radius 1 is 1.44 bits per heavy atom. The monoisotopic (exact) mass is 219 g/mol. The van der Waals surface area contributed by atoms with Gasteiger partial charge in [-0.2, -0.15) is 0 Å².